The van der Waals surface area contributed by atoms with Crippen LogP contribution in [0.25, 0.3) is 0 Å². The van der Waals surface area contributed by atoms with Crippen LogP contribution >= 0.6 is 0 Å². The fourth-order valence-electron chi connectivity index (χ4n) is 1.86. The average Bonchev–Trinajstić information content (AvgIpc) is 2.27. The van der Waals surface area contributed by atoms with Gasteiger partial charge in [-0.1, -0.05) is 6.92 Å². The molecule has 1 aliphatic rings. The van der Waals surface area contributed by atoms with Gasteiger partial charge in [0.15, 0.2) is 0 Å². The smallest absolute Gasteiger partial charge is 0.480 e. The van der Waals surface area contributed by atoms with Crippen molar-refractivity contribution in [1.82, 2.24) is 4.90 Å². The van der Waals surface area contributed by atoms with E-state index in [2.05, 4.69) is 0 Å². The first kappa shape index (κ1) is 15.9. The van der Waals surface area contributed by atoms with Gasteiger partial charge in [-0.25, -0.2) is 0 Å². The predicted octanol–water partition coefficient (Wildman–Crippen LogP) is -1.83. The molecule has 1 fully saturated rings. The van der Waals surface area contributed by atoms with Crippen molar-refractivity contribution in [1.29, 1.82) is 0 Å². The minimum Gasteiger partial charge on any atom is -0.480 e. The summed E-state index contributed by atoms with van der Waals surface area (Å²) in [5, 5.41) is 8.70. The summed E-state index contributed by atoms with van der Waals surface area (Å²) < 4.78 is 36.3. The van der Waals surface area contributed by atoms with Crippen molar-refractivity contribution in [3.05, 3.63) is 0 Å². The molecule has 0 aliphatic carbocycles. The maximum atomic E-state index is 12.1. The van der Waals surface area contributed by atoms with Crippen LogP contribution in [-0.2, 0) is 4.79 Å². The Morgan fingerprint density at radius 3 is 2.47 bits per heavy atom. The summed E-state index contributed by atoms with van der Waals surface area (Å²) in [7, 11) is 0. The van der Waals surface area contributed by atoms with Crippen molar-refractivity contribution >= 4 is 12.9 Å². The van der Waals surface area contributed by atoms with E-state index in [0.29, 0.717) is 6.42 Å². The second kappa shape index (κ2) is 6.02. The molecular formula is C7H12BF3KNO2. The van der Waals surface area contributed by atoms with E-state index >= 15 is 0 Å². The number of nitrogens with zero attached hydrogens (tertiary/aromatic N) is 1. The Balaban J connectivity index is 0.00000196. The van der Waals surface area contributed by atoms with Gasteiger partial charge in [0.1, 0.15) is 6.04 Å². The van der Waals surface area contributed by atoms with Crippen LogP contribution in [0.2, 0.25) is 0 Å². The van der Waals surface area contributed by atoms with Crippen LogP contribution in [0.4, 0.5) is 12.9 Å². The van der Waals surface area contributed by atoms with Gasteiger partial charge in [-0.05, 0) is 25.3 Å². The first-order valence-electron chi connectivity index (χ1n) is 4.47. The zero-order chi connectivity index (χ0) is 10.9. The molecule has 0 saturated carbocycles. The molecule has 0 aromatic heterocycles. The van der Waals surface area contributed by atoms with Gasteiger partial charge >= 0.3 is 64.3 Å². The summed E-state index contributed by atoms with van der Waals surface area (Å²) in [6.07, 6.45) is -0.761. The summed E-state index contributed by atoms with van der Waals surface area (Å²) in [5.41, 5.74) is 0. The predicted molar refractivity (Wildman–Crippen MR) is 45.9 cm³/mol. The number of likely N-dealkylation sites (tertiary alicyclic amines) is 1. The number of halogens is 3. The first-order valence-corrected chi connectivity index (χ1v) is 4.47. The number of rotatable bonds is 3. The third-order valence-electron chi connectivity index (χ3n) is 2.34. The second-order valence-corrected chi connectivity index (χ2v) is 3.86. The molecule has 1 rings (SSSR count). The van der Waals surface area contributed by atoms with Crippen LogP contribution in [0.3, 0.4) is 0 Å². The van der Waals surface area contributed by atoms with Crippen molar-refractivity contribution in [3.8, 4) is 0 Å². The van der Waals surface area contributed by atoms with Crippen LogP contribution in [-0.4, -0.2) is 42.0 Å². The van der Waals surface area contributed by atoms with E-state index in [1.54, 1.807) is 6.92 Å². The number of hydrogen-bond acceptors (Lipinski definition) is 2. The van der Waals surface area contributed by atoms with E-state index in [4.69, 9.17) is 5.11 Å². The molecule has 82 valence electrons. The molecule has 1 heterocycles. The van der Waals surface area contributed by atoms with Crippen molar-refractivity contribution in [2.45, 2.75) is 19.4 Å². The van der Waals surface area contributed by atoms with Crippen LogP contribution in [0.5, 0.6) is 0 Å². The summed E-state index contributed by atoms with van der Waals surface area (Å²) in [5.74, 6) is -1.14. The van der Waals surface area contributed by atoms with Crippen LogP contribution < -0.4 is 51.4 Å². The Bertz CT molecular complexity index is 239. The molecule has 2 atom stereocenters. The molecule has 15 heavy (non-hydrogen) atoms. The molecule has 0 aromatic rings. The molecule has 8 heteroatoms. The molecule has 2 unspecified atom stereocenters. The third-order valence-corrected chi connectivity index (χ3v) is 2.34. The Kier molecular flexibility index (Phi) is 6.39. The maximum Gasteiger partial charge on any atom is 1.00 e. The van der Waals surface area contributed by atoms with Crippen LogP contribution in [0, 0.1) is 5.92 Å². The summed E-state index contributed by atoms with van der Waals surface area (Å²) in [6, 6.07) is -0.964. The van der Waals surface area contributed by atoms with Gasteiger partial charge in [0.25, 0.3) is 0 Å². The Morgan fingerprint density at radius 1 is 1.53 bits per heavy atom. The standard InChI is InChI=1S/C7H12BF3NO2.K/c1-5-2-6(7(13)14)12(3-5)4-8(9,10)11;/h5-6H,2-4H2,1H3,(H,13,14);/q-1;+1. The average molecular weight is 249 g/mol. The quantitative estimate of drug-likeness (QED) is 0.598. The van der Waals surface area contributed by atoms with Crippen molar-refractivity contribution in [3.63, 3.8) is 0 Å². The van der Waals surface area contributed by atoms with Gasteiger partial charge in [0.2, 0.25) is 0 Å². The van der Waals surface area contributed by atoms with Crippen molar-refractivity contribution in [2.24, 2.45) is 5.92 Å². The van der Waals surface area contributed by atoms with Gasteiger partial charge < -0.3 is 23.0 Å². The molecule has 1 N–H and O–H groups in total. The molecule has 0 bridgehead atoms. The summed E-state index contributed by atoms with van der Waals surface area (Å²) in [6.45, 7) is -2.95. The van der Waals surface area contributed by atoms with E-state index in [1.807, 2.05) is 0 Å². The van der Waals surface area contributed by atoms with Gasteiger partial charge in [-0.3, -0.25) is 4.79 Å². The zero-order valence-corrected chi connectivity index (χ0v) is 11.9. The SMILES string of the molecule is CC1CC(C(=O)O)N(C[B-](F)(F)F)C1.[K+]. The Morgan fingerprint density at radius 2 is 2.07 bits per heavy atom. The molecule has 0 radical (unpaired) electrons. The van der Waals surface area contributed by atoms with Crippen LogP contribution in [0.1, 0.15) is 13.3 Å². The largest absolute Gasteiger partial charge is 1.00 e. The number of hydrogen-bond donors (Lipinski definition) is 1. The Hall–Kier alpha value is 0.921. The number of carbonyl (C=O) groups is 1. The number of carboxylic acids is 1. The minimum absolute atomic E-state index is 0. The molecule has 0 aromatic carbocycles. The maximum absolute atomic E-state index is 12.1. The van der Waals surface area contributed by atoms with Gasteiger partial charge in [0.05, 0.1) is 0 Å². The molecule has 1 aliphatic heterocycles. The molecule has 3 nitrogen and oxygen atoms in total. The zero-order valence-electron chi connectivity index (χ0n) is 8.79. The normalized spacial score (nSPS) is 27.5. The van der Waals surface area contributed by atoms with Gasteiger partial charge in [-0.2, -0.15) is 0 Å². The van der Waals surface area contributed by atoms with E-state index in [9.17, 15) is 17.7 Å². The van der Waals surface area contributed by atoms with Crippen LogP contribution in [0.15, 0.2) is 0 Å². The molecule has 1 saturated heterocycles. The number of aliphatic carboxylic acids is 1. The molecule has 0 spiro atoms. The van der Waals surface area contributed by atoms with E-state index in [0.717, 1.165) is 4.90 Å². The number of carboxylic acid groups (broad SMARTS) is 1. The summed E-state index contributed by atoms with van der Waals surface area (Å²) >= 11 is 0. The topological polar surface area (TPSA) is 40.5 Å². The molecule has 0 amide bonds. The van der Waals surface area contributed by atoms with Crippen molar-refractivity contribution in [2.75, 3.05) is 13.0 Å². The van der Waals surface area contributed by atoms with E-state index in [1.165, 1.54) is 0 Å². The monoisotopic (exact) mass is 249 g/mol. The van der Waals surface area contributed by atoms with Gasteiger partial charge in [0, 0.05) is 0 Å². The molecular weight excluding hydrogens is 237 g/mol. The third kappa shape index (κ3) is 5.18. The van der Waals surface area contributed by atoms with E-state index in [-0.39, 0.29) is 63.8 Å². The second-order valence-electron chi connectivity index (χ2n) is 3.86. The van der Waals surface area contributed by atoms with E-state index < -0.39 is 25.4 Å². The fourth-order valence-corrected chi connectivity index (χ4v) is 1.86. The Labute approximate surface area is 129 Å². The van der Waals surface area contributed by atoms with Crippen molar-refractivity contribution < 1.29 is 74.2 Å². The fraction of sp³-hybridized carbons (Fsp3) is 0.857. The first-order chi connectivity index (χ1) is 6.29. The minimum atomic E-state index is -4.93. The van der Waals surface area contributed by atoms with Gasteiger partial charge in [-0.15, -0.1) is 0 Å². The summed E-state index contributed by atoms with van der Waals surface area (Å²) in [4.78, 5) is 11.6.